The van der Waals surface area contributed by atoms with Crippen LogP contribution in [0.4, 0.5) is 0 Å². The van der Waals surface area contributed by atoms with Crippen LogP contribution in [-0.4, -0.2) is 35.4 Å². The molecule has 23 heavy (non-hydrogen) atoms. The van der Waals surface area contributed by atoms with Crippen molar-refractivity contribution in [2.75, 3.05) is 13.6 Å². The Morgan fingerprint density at radius 2 is 1.96 bits per heavy atom. The van der Waals surface area contributed by atoms with Crippen molar-refractivity contribution in [1.29, 1.82) is 0 Å². The number of H-pyrrole nitrogens is 1. The molecule has 2 aromatic rings. The smallest absolute Gasteiger partial charge is 0.261 e. The number of pyridine rings is 1. The first kappa shape index (κ1) is 19.2. The molecule has 6 heteroatoms. The summed E-state index contributed by atoms with van der Waals surface area (Å²) in [5.74, 6) is 0.0931. The number of hydrogen-bond acceptors (Lipinski definition) is 3. The number of hydrogen-bond donors (Lipinski definition) is 2. The van der Waals surface area contributed by atoms with Crippen LogP contribution < -0.4 is 11.3 Å². The lowest BCUT2D eigenvalue weighted by atomic mass is 10.0. The van der Waals surface area contributed by atoms with Crippen LogP contribution in [-0.2, 0) is 0 Å². The predicted octanol–water partition coefficient (Wildman–Crippen LogP) is 2.40. The van der Waals surface area contributed by atoms with Gasteiger partial charge in [0.2, 0.25) is 0 Å². The molecule has 0 aliphatic carbocycles. The summed E-state index contributed by atoms with van der Waals surface area (Å²) in [5, 5.41) is 0.845. The number of fused-ring (bicyclic) bond motifs is 1. The van der Waals surface area contributed by atoms with Crippen LogP contribution in [0.5, 0.6) is 0 Å². The number of para-hydroxylation sites is 1. The molecule has 0 saturated carbocycles. The van der Waals surface area contributed by atoms with Gasteiger partial charge in [0, 0.05) is 25.2 Å². The average Bonchev–Trinajstić information content (AvgIpc) is 2.50. The summed E-state index contributed by atoms with van der Waals surface area (Å²) in [5.41, 5.74) is 6.54. The number of rotatable bonds is 5. The molecule has 0 fully saturated rings. The highest BCUT2D eigenvalue weighted by Gasteiger charge is 2.17. The molecular weight excluding hydrogens is 314 g/mol. The molecule has 1 unspecified atom stereocenters. The second-order valence-electron chi connectivity index (χ2n) is 6.02. The van der Waals surface area contributed by atoms with Gasteiger partial charge in [0.1, 0.15) is 5.56 Å². The second-order valence-corrected chi connectivity index (χ2v) is 6.02. The van der Waals surface area contributed by atoms with Gasteiger partial charge in [-0.05, 0) is 29.9 Å². The van der Waals surface area contributed by atoms with E-state index in [0.717, 1.165) is 10.9 Å². The highest BCUT2D eigenvalue weighted by Crippen LogP contribution is 2.11. The van der Waals surface area contributed by atoms with E-state index in [4.69, 9.17) is 5.73 Å². The van der Waals surface area contributed by atoms with E-state index in [1.54, 1.807) is 18.0 Å². The molecule has 1 heterocycles. The molecule has 1 atom stereocenters. The number of nitrogens with zero attached hydrogens (tertiary/aromatic N) is 1. The van der Waals surface area contributed by atoms with Crippen LogP contribution in [0, 0.1) is 5.92 Å². The highest BCUT2D eigenvalue weighted by molar-refractivity contribution is 5.97. The third-order valence-electron chi connectivity index (χ3n) is 3.98. The van der Waals surface area contributed by atoms with Crippen molar-refractivity contribution in [1.82, 2.24) is 9.88 Å². The lowest BCUT2D eigenvalue weighted by Gasteiger charge is -2.21. The molecule has 126 valence electrons. The quantitative estimate of drug-likeness (QED) is 0.879. The van der Waals surface area contributed by atoms with E-state index < -0.39 is 0 Å². The van der Waals surface area contributed by atoms with Gasteiger partial charge in [0.05, 0.1) is 0 Å². The third kappa shape index (κ3) is 4.56. The van der Waals surface area contributed by atoms with E-state index in [2.05, 4.69) is 18.8 Å². The molecule has 1 aromatic heterocycles. The molecule has 2 rings (SSSR count). The third-order valence-corrected chi connectivity index (χ3v) is 3.98. The fraction of sp³-hybridized carbons (Fsp3) is 0.412. The predicted molar refractivity (Wildman–Crippen MR) is 96.2 cm³/mol. The molecule has 5 nitrogen and oxygen atoms in total. The zero-order chi connectivity index (χ0) is 16.3. The van der Waals surface area contributed by atoms with Crippen molar-refractivity contribution < 1.29 is 4.79 Å². The van der Waals surface area contributed by atoms with E-state index in [-0.39, 0.29) is 35.5 Å². The van der Waals surface area contributed by atoms with Gasteiger partial charge in [-0.1, -0.05) is 32.0 Å². The Labute approximate surface area is 142 Å². The van der Waals surface area contributed by atoms with Crippen molar-refractivity contribution in [2.24, 2.45) is 11.7 Å². The summed E-state index contributed by atoms with van der Waals surface area (Å²) < 4.78 is 0. The first-order chi connectivity index (χ1) is 10.4. The van der Waals surface area contributed by atoms with E-state index in [0.29, 0.717) is 18.9 Å². The zero-order valence-electron chi connectivity index (χ0n) is 13.7. The minimum absolute atomic E-state index is 0. The molecule has 0 bridgehead atoms. The Morgan fingerprint density at radius 3 is 2.61 bits per heavy atom. The Balaban J connectivity index is 0.00000264. The van der Waals surface area contributed by atoms with Crippen LogP contribution in [0.25, 0.3) is 10.9 Å². The number of nitrogens with one attached hydrogen (secondary N) is 1. The van der Waals surface area contributed by atoms with Crippen molar-refractivity contribution >= 4 is 29.2 Å². The van der Waals surface area contributed by atoms with Crippen molar-refractivity contribution in [2.45, 2.75) is 26.3 Å². The fourth-order valence-corrected chi connectivity index (χ4v) is 2.29. The Morgan fingerprint density at radius 1 is 1.30 bits per heavy atom. The van der Waals surface area contributed by atoms with Crippen LogP contribution in [0.1, 0.15) is 30.6 Å². The van der Waals surface area contributed by atoms with Crippen LogP contribution in [0.3, 0.4) is 0 Å². The number of halogens is 1. The number of amides is 1. The van der Waals surface area contributed by atoms with Gasteiger partial charge in [0.25, 0.3) is 11.5 Å². The standard InChI is InChI=1S/C17H23N3O2.ClH/c1-11(2)14(18)8-9-20(3)17(22)13-10-12-6-4-5-7-15(12)19-16(13)21;/h4-7,10-11,14H,8-9,18H2,1-3H3,(H,19,21);1H. The summed E-state index contributed by atoms with van der Waals surface area (Å²) in [6, 6.07) is 9.10. The maximum atomic E-state index is 12.5. The van der Waals surface area contributed by atoms with Crippen LogP contribution in [0.15, 0.2) is 35.1 Å². The summed E-state index contributed by atoms with van der Waals surface area (Å²) >= 11 is 0. The summed E-state index contributed by atoms with van der Waals surface area (Å²) in [4.78, 5) is 28.9. The monoisotopic (exact) mass is 337 g/mol. The lowest BCUT2D eigenvalue weighted by Crippen LogP contribution is -2.36. The number of aromatic amines is 1. The summed E-state index contributed by atoms with van der Waals surface area (Å²) in [6.45, 7) is 4.64. The molecule has 0 aliphatic rings. The zero-order valence-corrected chi connectivity index (χ0v) is 14.5. The average molecular weight is 338 g/mol. The van der Waals surface area contributed by atoms with E-state index in [9.17, 15) is 9.59 Å². The molecule has 1 amide bonds. The minimum atomic E-state index is -0.358. The fourth-order valence-electron chi connectivity index (χ4n) is 2.29. The van der Waals surface area contributed by atoms with E-state index >= 15 is 0 Å². The van der Waals surface area contributed by atoms with Gasteiger partial charge in [0.15, 0.2) is 0 Å². The molecule has 0 radical (unpaired) electrons. The van der Waals surface area contributed by atoms with E-state index in [1.807, 2.05) is 24.3 Å². The molecule has 0 aliphatic heterocycles. The number of nitrogens with two attached hydrogens (primary N) is 1. The Kier molecular flexibility index (Phi) is 6.79. The van der Waals surface area contributed by atoms with Gasteiger partial charge >= 0.3 is 0 Å². The normalized spacial score (nSPS) is 12.0. The largest absolute Gasteiger partial charge is 0.341 e. The first-order valence-electron chi connectivity index (χ1n) is 7.53. The van der Waals surface area contributed by atoms with Crippen LogP contribution in [0.2, 0.25) is 0 Å². The SMILES string of the molecule is CC(C)C(N)CCN(C)C(=O)c1cc2ccccc2[nH]c1=O.Cl. The van der Waals surface area contributed by atoms with Gasteiger partial charge in [-0.25, -0.2) is 0 Å². The van der Waals surface area contributed by atoms with E-state index in [1.165, 1.54) is 0 Å². The van der Waals surface area contributed by atoms with Crippen LogP contribution >= 0.6 is 12.4 Å². The van der Waals surface area contributed by atoms with Gasteiger partial charge < -0.3 is 15.6 Å². The molecule has 3 N–H and O–H groups in total. The number of aromatic nitrogens is 1. The maximum Gasteiger partial charge on any atom is 0.261 e. The van der Waals surface area contributed by atoms with Gasteiger partial charge in [-0.15, -0.1) is 12.4 Å². The molecule has 1 aromatic carbocycles. The van der Waals surface area contributed by atoms with Crippen molar-refractivity contribution in [3.63, 3.8) is 0 Å². The number of benzene rings is 1. The lowest BCUT2D eigenvalue weighted by molar-refractivity contribution is 0.0787. The van der Waals surface area contributed by atoms with Crippen molar-refractivity contribution in [3.05, 3.63) is 46.2 Å². The maximum absolute atomic E-state index is 12.5. The highest BCUT2D eigenvalue weighted by atomic mass is 35.5. The molecule has 0 spiro atoms. The van der Waals surface area contributed by atoms with Gasteiger partial charge in [-0.3, -0.25) is 9.59 Å². The molecular formula is C17H24ClN3O2. The number of carbonyl (C=O) groups excluding carboxylic acids is 1. The minimum Gasteiger partial charge on any atom is -0.341 e. The molecule has 0 saturated heterocycles. The number of carbonyl (C=O) groups is 1. The Hall–Kier alpha value is -1.85. The van der Waals surface area contributed by atoms with Gasteiger partial charge in [-0.2, -0.15) is 0 Å². The second kappa shape index (κ2) is 8.13. The summed E-state index contributed by atoms with van der Waals surface area (Å²) in [6.07, 6.45) is 0.714. The topological polar surface area (TPSA) is 79.2 Å². The van der Waals surface area contributed by atoms with Crippen molar-refractivity contribution in [3.8, 4) is 0 Å². The summed E-state index contributed by atoms with van der Waals surface area (Å²) in [7, 11) is 1.70. The first-order valence-corrected chi connectivity index (χ1v) is 7.53. The Bertz CT molecular complexity index is 727.